The molecule has 0 radical (unpaired) electrons. The number of para-hydroxylation sites is 1. The zero-order valence-corrected chi connectivity index (χ0v) is 6.95. The van der Waals surface area contributed by atoms with E-state index in [2.05, 4.69) is 17.9 Å². The van der Waals surface area contributed by atoms with Gasteiger partial charge < -0.3 is 5.32 Å². The molecule has 0 amide bonds. The third-order valence-electron chi connectivity index (χ3n) is 1.03. The molecule has 1 aromatic carbocycles. The van der Waals surface area contributed by atoms with Crippen LogP contribution in [0, 0.1) is 0 Å². The number of hydrogen-bond acceptors (Lipinski definition) is 1. The molecule has 1 N–H and O–H groups in total. The number of hydrogen-bond donors (Lipinski definition) is 2. The molecule has 0 aliphatic heterocycles. The van der Waals surface area contributed by atoms with Gasteiger partial charge >= 0.3 is 48.9 Å². The molecule has 4 heteroatoms. The predicted octanol–water partition coefficient (Wildman–Crippen LogP) is 1.40. The van der Waals surface area contributed by atoms with E-state index in [1.807, 2.05) is 30.3 Å². The normalized spacial score (nSPS) is 8.09. The Hall–Kier alpha value is 1.03. The molecule has 1 rings (SSSR count). The van der Waals surface area contributed by atoms with Gasteiger partial charge in [-0.25, -0.2) is 0 Å². The second-order valence-corrected chi connectivity index (χ2v) is 2.95. The molecule has 0 heterocycles. The average Bonchev–Trinajstić information content (AvgIpc) is 1.88. The van der Waals surface area contributed by atoms with Crippen molar-refractivity contribution >= 4 is 83.7 Å². The van der Waals surface area contributed by atoms with Gasteiger partial charge in [-0.05, 0) is 12.1 Å². The molecule has 0 fully saturated rings. The monoisotopic (exact) mass is 309 g/mol. The molecule has 0 bridgehead atoms. The number of thiocarbonyl (C=S) groups is 1. The fourth-order valence-corrected chi connectivity index (χ4v) is 0.892. The Labute approximate surface area is 117 Å². The second-order valence-electron chi connectivity index (χ2n) is 1.80. The summed E-state index contributed by atoms with van der Waals surface area (Å²) in [5.41, 5.74) is 0.975. The average molecular weight is 309 g/mol. The molecule has 0 saturated carbocycles. The minimum atomic E-state index is 0. The molecule has 0 aliphatic rings. The molecule has 0 saturated heterocycles. The summed E-state index contributed by atoms with van der Waals surface area (Å²) in [6.45, 7) is 0. The Morgan fingerprint density at radius 3 is 2.27 bits per heavy atom. The number of benzene rings is 1. The van der Waals surface area contributed by atoms with Crippen LogP contribution in [-0.2, 0) is 0 Å². The predicted molar refractivity (Wildman–Crippen MR) is 60.2 cm³/mol. The van der Waals surface area contributed by atoms with Gasteiger partial charge in [-0.2, -0.15) is 0 Å². The van der Waals surface area contributed by atoms with E-state index in [1.165, 1.54) is 0 Å². The van der Waals surface area contributed by atoms with E-state index in [0.717, 1.165) is 5.69 Å². The fourth-order valence-electron chi connectivity index (χ4n) is 0.645. The number of thiol groups is 1. The van der Waals surface area contributed by atoms with Crippen molar-refractivity contribution in [3.8, 4) is 0 Å². The van der Waals surface area contributed by atoms with Crippen molar-refractivity contribution in [3.05, 3.63) is 30.3 Å². The zero-order valence-electron chi connectivity index (χ0n) is 5.24. The van der Waals surface area contributed by atoms with E-state index in [-0.39, 0.29) is 48.9 Å². The first-order valence-corrected chi connectivity index (χ1v) is 3.69. The van der Waals surface area contributed by atoms with Crippen LogP contribution in [0.5, 0.6) is 0 Å². The van der Waals surface area contributed by atoms with Crippen LogP contribution in [0.15, 0.2) is 30.3 Å². The van der Waals surface area contributed by atoms with Gasteiger partial charge in [0.15, 0.2) is 0 Å². The minimum absolute atomic E-state index is 0. The third kappa shape index (κ3) is 5.30. The first kappa shape index (κ1) is 12.0. The maximum atomic E-state index is 4.73. The number of nitrogens with one attached hydrogen (secondary N) is 1. The van der Waals surface area contributed by atoms with Crippen molar-refractivity contribution in [2.45, 2.75) is 0 Å². The second kappa shape index (κ2) is 6.54. The van der Waals surface area contributed by atoms with E-state index < -0.39 is 0 Å². The van der Waals surface area contributed by atoms with Crippen LogP contribution in [0.3, 0.4) is 0 Å². The van der Waals surface area contributed by atoms with Gasteiger partial charge in [0.25, 0.3) is 0 Å². The Morgan fingerprint density at radius 1 is 1.27 bits per heavy atom. The van der Waals surface area contributed by atoms with Crippen molar-refractivity contribution in [1.29, 1.82) is 0 Å². The SMILES string of the molecule is S=C(S)Nc1ccccc1.[BaH2]. The number of anilines is 1. The van der Waals surface area contributed by atoms with E-state index >= 15 is 0 Å². The summed E-state index contributed by atoms with van der Waals surface area (Å²) in [5, 5.41) is 2.90. The summed E-state index contributed by atoms with van der Waals surface area (Å²) in [6.07, 6.45) is 0. The van der Waals surface area contributed by atoms with Crippen LogP contribution in [0.2, 0.25) is 0 Å². The van der Waals surface area contributed by atoms with Gasteiger partial charge in [0.05, 0.1) is 0 Å². The van der Waals surface area contributed by atoms with Crippen LogP contribution in [-0.4, -0.2) is 53.2 Å². The van der Waals surface area contributed by atoms with Gasteiger partial charge in [-0.15, -0.1) is 12.6 Å². The molecule has 0 atom stereocenters. The molecule has 0 spiro atoms. The van der Waals surface area contributed by atoms with Crippen LogP contribution in [0.25, 0.3) is 0 Å². The zero-order chi connectivity index (χ0) is 7.40. The molecule has 0 aliphatic carbocycles. The van der Waals surface area contributed by atoms with Gasteiger partial charge in [0.1, 0.15) is 4.32 Å². The summed E-state index contributed by atoms with van der Waals surface area (Å²) in [7, 11) is 0. The quantitative estimate of drug-likeness (QED) is 0.462. The summed E-state index contributed by atoms with van der Waals surface area (Å²) < 4.78 is 0.492. The van der Waals surface area contributed by atoms with E-state index in [1.54, 1.807) is 0 Å². The molecule has 56 valence electrons. The molecule has 0 aromatic heterocycles. The topological polar surface area (TPSA) is 12.0 Å². The van der Waals surface area contributed by atoms with E-state index in [9.17, 15) is 0 Å². The van der Waals surface area contributed by atoms with Crippen molar-refractivity contribution in [2.24, 2.45) is 0 Å². The molecule has 11 heavy (non-hydrogen) atoms. The molecule has 0 unspecified atom stereocenters. The maximum absolute atomic E-state index is 4.73. The Kier molecular flexibility index (Phi) is 7.15. The van der Waals surface area contributed by atoms with Crippen molar-refractivity contribution in [3.63, 3.8) is 0 Å². The first-order valence-electron chi connectivity index (χ1n) is 2.84. The molecule has 1 nitrogen and oxygen atoms in total. The van der Waals surface area contributed by atoms with Gasteiger partial charge in [0.2, 0.25) is 0 Å². The van der Waals surface area contributed by atoms with Crippen LogP contribution in [0.4, 0.5) is 5.69 Å². The third-order valence-corrected chi connectivity index (χ3v) is 1.24. The molecule has 1 aromatic rings. The van der Waals surface area contributed by atoms with E-state index in [0.29, 0.717) is 4.32 Å². The summed E-state index contributed by atoms with van der Waals surface area (Å²) in [4.78, 5) is 0. The Morgan fingerprint density at radius 2 is 1.82 bits per heavy atom. The summed E-state index contributed by atoms with van der Waals surface area (Å²) >= 11 is 8.66. The van der Waals surface area contributed by atoms with Gasteiger partial charge in [0, 0.05) is 5.69 Å². The molecular weight excluding hydrogens is 300 g/mol. The molecular formula is C7H9BaNS2. The van der Waals surface area contributed by atoms with E-state index in [4.69, 9.17) is 12.2 Å². The Balaban J connectivity index is 0.000001000. The van der Waals surface area contributed by atoms with Crippen molar-refractivity contribution < 1.29 is 0 Å². The Bertz CT molecular complexity index is 225. The standard InChI is InChI=1S/C7H7NS2.Ba.2H/c9-7(10)8-6-4-2-1-3-5-6;;;/h1-5H,(H2,8,9,10);;;. The van der Waals surface area contributed by atoms with Gasteiger partial charge in [-0.3, -0.25) is 0 Å². The summed E-state index contributed by atoms with van der Waals surface area (Å²) in [5.74, 6) is 0. The van der Waals surface area contributed by atoms with Gasteiger partial charge in [-0.1, -0.05) is 30.4 Å². The van der Waals surface area contributed by atoms with Crippen LogP contribution >= 0.6 is 24.8 Å². The summed E-state index contributed by atoms with van der Waals surface area (Å²) in [6, 6.07) is 9.69. The van der Waals surface area contributed by atoms with Crippen LogP contribution in [0.1, 0.15) is 0 Å². The van der Waals surface area contributed by atoms with Crippen molar-refractivity contribution in [1.82, 2.24) is 0 Å². The van der Waals surface area contributed by atoms with Crippen molar-refractivity contribution in [2.75, 3.05) is 5.32 Å². The number of rotatable bonds is 1. The first-order chi connectivity index (χ1) is 4.79. The fraction of sp³-hybridized carbons (Fsp3) is 0. The van der Waals surface area contributed by atoms with Crippen LogP contribution < -0.4 is 5.32 Å².